The molecule has 0 fully saturated rings. The van der Waals surface area contributed by atoms with Crippen molar-refractivity contribution in [3.63, 3.8) is 0 Å². The van der Waals surface area contributed by atoms with Crippen molar-refractivity contribution in [1.29, 1.82) is 0 Å². The van der Waals surface area contributed by atoms with E-state index in [1.54, 1.807) is 16.0 Å². The summed E-state index contributed by atoms with van der Waals surface area (Å²) in [4.78, 5) is 1.17. The van der Waals surface area contributed by atoms with Gasteiger partial charge in [-0.05, 0) is 17.5 Å². The zero-order valence-corrected chi connectivity index (χ0v) is 8.66. The van der Waals surface area contributed by atoms with Crippen LogP contribution in [0.2, 0.25) is 0 Å². The zero-order chi connectivity index (χ0) is 9.97. The number of nitrogens with zero attached hydrogens (tertiary/aromatic N) is 2. The second-order valence-corrected chi connectivity index (χ2v) is 4.01. The average Bonchev–Trinajstić information content (AvgIpc) is 2.79. The van der Waals surface area contributed by atoms with Gasteiger partial charge in [-0.25, -0.2) is 5.43 Å². The Morgan fingerprint density at radius 1 is 1.57 bits per heavy atom. The summed E-state index contributed by atoms with van der Waals surface area (Å²) in [6, 6.07) is 6.01. The topological polar surface area (TPSA) is 55.9 Å². The number of hydrogen-bond acceptors (Lipinski definition) is 4. The van der Waals surface area contributed by atoms with Gasteiger partial charge in [0.2, 0.25) is 0 Å². The first-order chi connectivity index (χ1) is 6.81. The zero-order valence-electron chi connectivity index (χ0n) is 7.84. The van der Waals surface area contributed by atoms with Gasteiger partial charge in [-0.1, -0.05) is 6.07 Å². The molecule has 14 heavy (non-hydrogen) atoms. The molecular weight excluding hydrogens is 196 g/mol. The van der Waals surface area contributed by atoms with Crippen molar-refractivity contribution in [1.82, 2.24) is 15.2 Å². The molecule has 74 valence electrons. The molecule has 4 nitrogen and oxygen atoms in total. The lowest BCUT2D eigenvalue weighted by atomic mass is 10.2. The monoisotopic (exact) mass is 208 g/mol. The van der Waals surface area contributed by atoms with Crippen molar-refractivity contribution in [2.24, 2.45) is 12.9 Å². The minimum Gasteiger partial charge on any atom is -0.275 e. The van der Waals surface area contributed by atoms with Crippen molar-refractivity contribution in [2.45, 2.75) is 6.04 Å². The van der Waals surface area contributed by atoms with E-state index >= 15 is 0 Å². The van der Waals surface area contributed by atoms with Crippen LogP contribution in [0.5, 0.6) is 0 Å². The van der Waals surface area contributed by atoms with Crippen molar-refractivity contribution in [3.05, 3.63) is 40.3 Å². The number of thiophene rings is 1. The molecular formula is C9H12N4S. The van der Waals surface area contributed by atoms with Gasteiger partial charge in [0.05, 0.1) is 11.7 Å². The Hall–Kier alpha value is -1.17. The number of hydrogen-bond donors (Lipinski definition) is 2. The van der Waals surface area contributed by atoms with Crippen LogP contribution in [0, 0.1) is 0 Å². The van der Waals surface area contributed by atoms with E-state index in [2.05, 4.69) is 10.5 Å². The van der Waals surface area contributed by atoms with Crippen LogP contribution in [-0.4, -0.2) is 9.78 Å². The summed E-state index contributed by atoms with van der Waals surface area (Å²) in [7, 11) is 1.89. The van der Waals surface area contributed by atoms with Crippen molar-refractivity contribution >= 4 is 11.3 Å². The predicted molar refractivity (Wildman–Crippen MR) is 56.7 cm³/mol. The lowest BCUT2D eigenvalue weighted by Crippen LogP contribution is -2.28. The van der Waals surface area contributed by atoms with Crippen molar-refractivity contribution in [2.75, 3.05) is 0 Å². The molecule has 3 N–H and O–H groups in total. The summed E-state index contributed by atoms with van der Waals surface area (Å²) < 4.78 is 1.77. The summed E-state index contributed by atoms with van der Waals surface area (Å²) in [5.41, 5.74) is 3.71. The molecule has 0 spiro atoms. The second-order valence-electron chi connectivity index (χ2n) is 3.03. The van der Waals surface area contributed by atoms with Crippen LogP contribution >= 0.6 is 11.3 Å². The number of hydrazine groups is 1. The first-order valence-electron chi connectivity index (χ1n) is 4.30. The minimum absolute atomic E-state index is 0.00352. The van der Waals surface area contributed by atoms with Crippen molar-refractivity contribution in [3.8, 4) is 0 Å². The highest BCUT2D eigenvalue weighted by Crippen LogP contribution is 2.23. The van der Waals surface area contributed by atoms with E-state index in [4.69, 9.17) is 5.84 Å². The van der Waals surface area contributed by atoms with Crippen LogP contribution < -0.4 is 11.3 Å². The van der Waals surface area contributed by atoms with Gasteiger partial charge in [-0.15, -0.1) is 11.3 Å². The number of nitrogens with one attached hydrogen (secondary N) is 1. The molecule has 0 bridgehead atoms. The summed E-state index contributed by atoms with van der Waals surface area (Å²) in [5, 5.41) is 6.35. The average molecular weight is 208 g/mol. The summed E-state index contributed by atoms with van der Waals surface area (Å²) in [6.07, 6.45) is 1.91. The van der Waals surface area contributed by atoms with E-state index in [-0.39, 0.29) is 6.04 Å². The lowest BCUT2D eigenvalue weighted by Gasteiger charge is -2.10. The minimum atomic E-state index is -0.00352. The third-order valence-electron chi connectivity index (χ3n) is 2.02. The molecule has 0 saturated carbocycles. The maximum atomic E-state index is 5.51. The number of nitrogens with two attached hydrogens (primary N) is 1. The van der Waals surface area contributed by atoms with Crippen LogP contribution in [0.1, 0.15) is 16.6 Å². The molecule has 1 atom stereocenters. The molecule has 0 radical (unpaired) electrons. The van der Waals surface area contributed by atoms with Crippen LogP contribution in [0.3, 0.4) is 0 Å². The molecule has 2 rings (SSSR count). The second kappa shape index (κ2) is 3.91. The smallest absolute Gasteiger partial charge is 0.0991 e. The molecule has 2 heterocycles. The molecule has 1 unspecified atom stereocenters. The first kappa shape index (κ1) is 9.39. The van der Waals surface area contributed by atoms with Crippen LogP contribution in [0.25, 0.3) is 0 Å². The Balaban J connectivity index is 2.31. The highest BCUT2D eigenvalue weighted by atomic mass is 32.1. The van der Waals surface area contributed by atoms with E-state index in [1.807, 2.05) is 36.8 Å². The van der Waals surface area contributed by atoms with Gasteiger partial charge in [-0.3, -0.25) is 10.5 Å². The highest BCUT2D eigenvalue weighted by Gasteiger charge is 2.15. The lowest BCUT2D eigenvalue weighted by molar-refractivity contribution is 0.611. The summed E-state index contributed by atoms with van der Waals surface area (Å²) >= 11 is 1.67. The van der Waals surface area contributed by atoms with Crippen LogP contribution in [0.4, 0.5) is 0 Å². The van der Waals surface area contributed by atoms with E-state index in [1.165, 1.54) is 4.88 Å². The molecule has 0 aromatic carbocycles. The standard InChI is InChI=1S/C9H12N4S/c1-13-5-4-7(12-13)9(11-10)8-3-2-6-14-8/h2-6,9,11H,10H2,1H3. The fourth-order valence-corrected chi connectivity index (χ4v) is 2.15. The van der Waals surface area contributed by atoms with E-state index in [9.17, 15) is 0 Å². The summed E-state index contributed by atoms with van der Waals surface area (Å²) in [6.45, 7) is 0. The van der Waals surface area contributed by atoms with Crippen LogP contribution in [0.15, 0.2) is 29.8 Å². The Bertz CT molecular complexity index is 393. The first-order valence-corrected chi connectivity index (χ1v) is 5.18. The predicted octanol–water partition coefficient (Wildman–Crippen LogP) is 1.03. The van der Waals surface area contributed by atoms with Crippen LogP contribution in [-0.2, 0) is 7.05 Å². The molecule has 0 amide bonds. The number of aryl methyl sites for hydroxylation is 1. The van der Waals surface area contributed by atoms with E-state index in [0.29, 0.717) is 0 Å². The molecule has 0 aliphatic carbocycles. The quantitative estimate of drug-likeness (QED) is 0.585. The fourth-order valence-electron chi connectivity index (χ4n) is 1.36. The number of rotatable bonds is 3. The van der Waals surface area contributed by atoms with E-state index in [0.717, 1.165) is 5.69 Å². The van der Waals surface area contributed by atoms with Gasteiger partial charge in [-0.2, -0.15) is 5.10 Å². The van der Waals surface area contributed by atoms with Crippen molar-refractivity contribution < 1.29 is 0 Å². The molecule has 0 aliphatic rings. The maximum absolute atomic E-state index is 5.51. The number of aromatic nitrogens is 2. The van der Waals surface area contributed by atoms with Gasteiger partial charge in [0.1, 0.15) is 0 Å². The third-order valence-corrected chi connectivity index (χ3v) is 2.96. The van der Waals surface area contributed by atoms with Gasteiger partial charge >= 0.3 is 0 Å². The maximum Gasteiger partial charge on any atom is 0.0991 e. The Morgan fingerprint density at radius 2 is 2.43 bits per heavy atom. The SMILES string of the molecule is Cn1ccc(C(NN)c2cccs2)n1. The Labute approximate surface area is 86.3 Å². The summed E-state index contributed by atoms with van der Waals surface area (Å²) in [5.74, 6) is 5.51. The van der Waals surface area contributed by atoms with Gasteiger partial charge in [0.25, 0.3) is 0 Å². The van der Waals surface area contributed by atoms with Gasteiger partial charge in [0, 0.05) is 18.1 Å². The normalized spacial score (nSPS) is 13.0. The van der Waals surface area contributed by atoms with Gasteiger partial charge < -0.3 is 0 Å². The molecule has 0 aliphatic heterocycles. The molecule has 2 aromatic heterocycles. The fraction of sp³-hybridized carbons (Fsp3) is 0.222. The third kappa shape index (κ3) is 1.70. The Morgan fingerprint density at radius 3 is 2.93 bits per heavy atom. The molecule has 0 saturated heterocycles. The highest BCUT2D eigenvalue weighted by molar-refractivity contribution is 7.10. The Kier molecular flexibility index (Phi) is 2.62. The largest absolute Gasteiger partial charge is 0.275 e. The molecule has 2 aromatic rings. The van der Waals surface area contributed by atoms with E-state index < -0.39 is 0 Å². The molecule has 5 heteroatoms. The van der Waals surface area contributed by atoms with Gasteiger partial charge in [0.15, 0.2) is 0 Å².